The molecule has 1 fully saturated rings. The van der Waals surface area contributed by atoms with E-state index in [0.717, 1.165) is 45.2 Å². The molecule has 3 N–H and O–H groups in total. The predicted molar refractivity (Wildman–Crippen MR) is 89.3 cm³/mol. The van der Waals surface area contributed by atoms with E-state index in [-0.39, 0.29) is 24.3 Å². The van der Waals surface area contributed by atoms with Crippen molar-refractivity contribution in [3.8, 4) is 0 Å². The van der Waals surface area contributed by atoms with E-state index < -0.39 is 0 Å². The van der Waals surface area contributed by atoms with Crippen LogP contribution in [0.25, 0.3) is 0 Å². The molecule has 1 aliphatic rings. The molecule has 0 bridgehead atoms. The summed E-state index contributed by atoms with van der Waals surface area (Å²) in [5, 5.41) is 3.09. The molecule has 1 aliphatic carbocycles. The van der Waals surface area contributed by atoms with Crippen LogP contribution in [0.3, 0.4) is 0 Å². The van der Waals surface area contributed by atoms with Crippen LogP contribution in [-0.2, 0) is 9.59 Å². The molecule has 2 amide bonds. The number of hydrogen-bond donors (Lipinski definition) is 2. The standard InChI is InChI=1S/C17H33N3O2/c1-3-11-20(12-4-2)17(22)10-9-16(21)19-15-8-6-5-7-14(15)13-18/h14-15H,3-13,18H2,1-2H3,(H,19,21). The van der Waals surface area contributed by atoms with Gasteiger partial charge in [0, 0.05) is 32.0 Å². The van der Waals surface area contributed by atoms with Crippen LogP contribution < -0.4 is 11.1 Å². The second kappa shape index (κ2) is 10.6. The van der Waals surface area contributed by atoms with Gasteiger partial charge < -0.3 is 16.0 Å². The van der Waals surface area contributed by atoms with Crippen molar-refractivity contribution in [1.82, 2.24) is 10.2 Å². The highest BCUT2D eigenvalue weighted by Crippen LogP contribution is 2.23. The van der Waals surface area contributed by atoms with Gasteiger partial charge >= 0.3 is 0 Å². The monoisotopic (exact) mass is 311 g/mol. The smallest absolute Gasteiger partial charge is 0.223 e. The normalized spacial score (nSPS) is 21.4. The number of amides is 2. The molecule has 1 rings (SSSR count). The summed E-state index contributed by atoms with van der Waals surface area (Å²) < 4.78 is 0. The molecule has 2 unspecified atom stereocenters. The van der Waals surface area contributed by atoms with Crippen LogP contribution in [0.1, 0.15) is 65.2 Å². The minimum atomic E-state index is -0.00773. The van der Waals surface area contributed by atoms with Crippen molar-refractivity contribution in [3.63, 3.8) is 0 Å². The highest BCUT2D eigenvalue weighted by molar-refractivity contribution is 5.83. The lowest BCUT2D eigenvalue weighted by molar-refractivity contribution is -0.134. The van der Waals surface area contributed by atoms with E-state index in [0.29, 0.717) is 18.9 Å². The van der Waals surface area contributed by atoms with Crippen molar-refractivity contribution in [3.05, 3.63) is 0 Å². The number of nitrogens with two attached hydrogens (primary N) is 1. The number of carbonyl (C=O) groups excluding carboxylic acids is 2. The van der Waals surface area contributed by atoms with Gasteiger partial charge in [0.2, 0.25) is 11.8 Å². The highest BCUT2D eigenvalue weighted by atomic mass is 16.2. The van der Waals surface area contributed by atoms with Gasteiger partial charge in [0.05, 0.1) is 0 Å². The lowest BCUT2D eigenvalue weighted by atomic mass is 9.84. The topological polar surface area (TPSA) is 75.4 Å². The Labute approximate surface area is 135 Å². The molecule has 0 radical (unpaired) electrons. The van der Waals surface area contributed by atoms with E-state index in [1.54, 1.807) is 0 Å². The quantitative estimate of drug-likeness (QED) is 0.684. The van der Waals surface area contributed by atoms with Crippen molar-refractivity contribution < 1.29 is 9.59 Å². The van der Waals surface area contributed by atoms with E-state index in [1.807, 2.05) is 4.90 Å². The molecule has 0 aromatic rings. The van der Waals surface area contributed by atoms with Gasteiger partial charge in [0.1, 0.15) is 0 Å². The van der Waals surface area contributed by atoms with E-state index in [9.17, 15) is 9.59 Å². The average molecular weight is 311 g/mol. The molecule has 0 spiro atoms. The summed E-state index contributed by atoms with van der Waals surface area (Å²) in [5.74, 6) is 0.481. The van der Waals surface area contributed by atoms with Crippen LogP contribution in [0.15, 0.2) is 0 Å². The van der Waals surface area contributed by atoms with Crippen LogP contribution in [0, 0.1) is 5.92 Å². The maximum atomic E-state index is 12.2. The van der Waals surface area contributed by atoms with E-state index in [1.165, 1.54) is 6.42 Å². The summed E-state index contributed by atoms with van der Waals surface area (Å²) in [6.07, 6.45) is 6.98. The minimum Gasteiger partial charge on any atom is -0.353 e. The largest absolute Gasteiger partial charge is 0.353 e. The number of nitrogens with one attached hydrogen (secondary N) is 1. The van der Waals surface area contributed by atoms with Crippen LogP contribution in [0.5, 0.6) is 0 Å². The summed E-state index contributed by atoms with van der Waals surface area (Å²) in [6, 6.07) is 0.198. The summed E-state index contributed by atoms with van der Waals surface area (Å²) in [7, 11) is 0. The number of carbonyl (C=O) groups is 2. The van der Waals surface area contributed by atoms with Crippen LogP contribution in [0.4, 0.5) is 0 Å². The first-order valence-electron chi connectivity index (χ1n) is 8.89. The maximum absolute atomic E-state index is 12.2. The van der Waals surface area contributed by atoms with Crippen molar-refractivity contribution in [2.45, 2.75) is 71.3 Å². The third kappa shape index (κ3) is 6.34. The van der Waals surface area contributed by atoms with E-state index in [2.05, 4.69) is 19.2 Å². The Morgan fingerprint density at radius 2 is 1.73 bits per heavy atom. The lowest BCUT2D eigenvalue weighted by Crippen LogP contribution is -2.45. The third-order valence-corrected chi connectivity index (χ3v) is 4.46. The molecule has 0 aromatic heterocycles. The van der Waals surface area contributed by atoms with Gasteiger partial charge in [-0.3, -0.25) is 9.59 Å². The van der Waals surface area contributed by atoms with Crippen LogP contribution >= 0.6 is 0 Å². The van der Waals surface area contributed by atoms with Crippen molar-refractivity contribution >= 4 is 11.8 Å². The molecule has 0 aliphatic heterocycles. The molecule has 0 heterocycles. The fraction of sp³-hybridized carbons (Fsp3) is 0.882. The van der Waals surface area contributed by atoms with E-state index >= 15 is 0 Å². The Hall–Kier alpha value is -1.10. The number of hydrogen-bond acceptors (Lipinski definition) is 3. The van der Waals surface area contributed by atoms with Gasteiger partial charge in [-0.2, -0.15) is 0 Å². The Balaban J connectivity index is 2.36. The first-order chi connectivity index (χ1) is 10.6. The van der Waals surface area contributed by atoms with Crippen molar-refractivity contribution in [1.29, 1.82) is 0 Å². The number of nitrogens with zero attached hydrogens (tertiary/aromatic N) is 1. The molecular formula is C17H33N3O2. The first kappa shape index (κ1) is 18.9. The van der Waals surface area contributed by atoms with Crippen molar-refractivity contribution in [2.75, 3.05) is 19.6 Å². The highest BCUT2D eigenvalue weighted by Gasteiger charge is 2.25. The molecule has 2 atom stereocenters. The lowest BCUT2D eigenvalue weighted by Gasteiger charge is -2.31. The molecule has 128 valence electrons. The summed E-state index contributed by atoms with van der Waals surface area (Å²) >= 11 is 0. The fourth-order valence-electron chi connectivity index (χ4n) is 3.24. The second-order valence-corrected chi connectivity index (χ2v) is 6.34. The Kier molecular flexibility index (Phi) is 9.13. The fourth-order valence-corrected chi connectivity index (χ4v) is 3.24. The molecular weight excluding hydrogens is 278 g/mol. The zero-order chi connectivity index (χ0) is 16.4. The molecule has 22 heavy (non-hydrogen) atoms. The molecule has 0 saturated heterocycles. The van der Waals surface area contributed by atoms with Crippen LogP contribution in [0.2, 0.25) is 0 Å². The average Bonchev–Trinajstić information content (AvgIpc) is 2.53. The van der Waals surface area contributed by atoms with Gasteiger partial charge in [-0.15, -0.1) is 0 Å². The summed E-state index contributed by atoms with van der Waals surface area (Å²) in [6.45, 7) is 6.33. The zero-order valence-electron chi connectivity index (χ0n) is 14.3. The summed E-state index contributed by atoms with van der Waals surface area (Å²) in [4.78, 5) is 26.1. The van der Waals surface area contributed by atoms with Gasteiger partial charge in [-0.25, -0.2) is 0 Å². The molecule has 0 aromatic carbocycles. The summed E-state index contributed by atoms with van der Waals surface area (Å²) in [5.41, 5.74) is 5.79. The van der Waals surface area contributed by atoms with Crippen LogP contribution in [-0.4, -0.2) is 42.4 Å². The molecule has 5 heteroatoms. The second-order valence-electron chi connectivity index (χ2n) is 6.34. The van der Waals surface area contributed by atoms with Gasteiger partial charge in [0.15, 0.2) is 0 Å². The Morgan fingerprint density at radius 3 is 2.32 bits per heavy atom. The Morgan fingerprint density at radius 1 is 1.09 bits per heavy atom. The minimum absolute atomic E-state index is 0.00773. The SMILES string of the molecule is CCCN(CCC)C(=O)CCC(=O)NC1CCCCC1CN. The third-order valence-electron chi connectivity index (χ3n) is 4.46. The molecule has 5 nitrogen and oxygen atoms in total. The predicted octanol–water partition coefficient (Wildman–Crippen LogP) is 2.05. The van der Waals surface area contributed by atoms with Crippen molar-refractivity contribution in [2.24, 2.45) is 11.7 Å². The molecule has 1 saturated carbocycles. The van der Waals surface area contributed by atoms with Gasteiger partial charge in [-0.1, -0.05) is 26.7 Å². The zero-order valence-corrected chi connectivity index (χ0v) is 14.3. The van der Waals surface area contributed by atoms with Gasteiger partial charge in [0.25, 0.3) is 0 Å². The number of rotatable bonds is 9. The van der Waals surface area contributed by atoms with Gasteiger partial charge in [-0.05, 0) is 38.1 Å². The maximum Gasteiger partial charge on any atom is 0.223 e. The first-order valence-corrected chi connectivity index (χ1v) is 8.89. The Bertz CT molecular complexity index is 341. The van der Waals surface area contributed by atoms with E-state index in [4.69, 9.17) is 5.73 Å².